The van der Waals surface area contributed by atoms with Gasteiger partial charge in [-0.3, -0.25) is 0 Å². The molecule has 0 atom stereocenters. The summed E-state index contributed by atoms with van der Waals surface area (Å²) >= 11 is 0. The largest absolute Gasteiger partial charge is 0.398 e. The molecule has 2 aromatic carbocycles. The number of fused-ring (bicyclic) bond motifs is 1. The molecule has 0 aromatic heterocycles. The summed E-state index contributed by atoms with van der Waals surface area (Å²) in [6, 6.07) is 14.1. The zero-order chi connectivity index (χ0) is 9.68. The molecule has 0 radical (unpaired) electrons. The van der Waals surface area contributed by atoms with Crippen LogP contribution in [0.1, 0.15) is 0 Å². The van der Waals surface area contributed by atoms with Crippen LogP contribution in [0.5, 0.6) is 0 Å². The highest BCUT2D eigenvalue weighted by Gasteiger charge is 1.92. The van der Waals surface area contributed by atoms with Gasteiger partial charge in [0.2, 0.25) is 0 Å². The van der Waals surface area contributed by atoms with Gasteiger partial charge in [-0.15, -0.1) is 0 Å². The molecule has 0 fully saturated rings. The van der Waals surface area contributed by atoms with Crippen molar-refractivity contribution in [3.8, 4) is 0 Å². The fraction of sp³-hybridized carbons (Fsp3) is 0. The fourth-order valence-electron chi connectivity index (χ4n) is 1.25. The Morgan fingerprint density at radius 3 is 2.23 bits per heavy atom. The molecule has 0 aliphatic heterocycles. The van der Waals surface area contributed by atoms with E-state index in [9.17, 15) is 0 Å². The van der Waals surface area contributed by atoms with E-state index < -0.39 is 0 Å². The van der Waals surface area contributed by atoms with Gasteiger partial charge >= 0.3 is 0 Å². The van der Waals surface area contributed by atoms with Gasteiger partial charge in [0, 0.05) is 11.1 Å². The zero-order valence-electron chi connectivity index (χ0n) is 7.23. The summed E-state index contributed by atoms with van der Waals surface area (Å²) in [5.41, 5.74) is 6.61. The number of anilines is 1. The van der Waals surface area contributed by atoms with Gasteiger partial charge in [-0.1, -0.05) is 36.4 Å². The average molecular weight is 173 g/mol. The Kier molecular flexibility index (Phi) is 3.03. The lowest BCUT2D eigenvalue weighted by Gasteiger charge is -1.98. The molecule has 66 valence electrons. The number of carbonyl (C=O) groups is 1. The normalized spacial score (nSPS) is 8.92. The van der Waals surface area contributed by atoms with Crippen molar-refractivity contribution in [1.29, 1.82) is 0 Å². The highest BCUT2D eigenvalue weighted by molar-refractivity contribution is 5.92. The van der Waals surface area contributed by atoms with Gasteiger partial charge in [0.15, 0.2) is 0 Å². The maximum atomic E-state index is 8.00. The van der Waals surface area contributed by atoms with Crippen LogP contribution in [0.3, 0.4) is 0 Å². The summed E-state index contributed by atoms with van der Waals surface area (Å²) in [6.45, 7) is 2.00. The molecule has 2 N–H and O–H groups in total. The number of nitrogen functional groups attached to an aromatic ring is 1. The summed E-state index contributed by atoms with van der Waals surface area (Å²) < 4.78 is 0. The molecule has 2 aromatic rings. The molecule has 2 rings (SSSR count). The van der Waals surface area contributed by atoms with Crippen LogP contribution >= 0.6 is 0 Å². The first-order chi connectivity index (χ1) is 6.38. The van der Waals surface area contributed by atoms with Crippen molar-refractivity contribution in [1.82, 2.24) is 0 Å². The summed E-state index contributed by atoms with van der Waals surface area (Å²) in [5.74, 6) is 0. The van der Waals surface area contributed by atoms with E-state index in [1.165, 1.54) is 5.39 Å². The lowest BCUT2D eigenvalue weighted by molar-refractivity contribution is -0.0979. The Labute approximate surface area is 77.0 Å². The third-order valence-electron chi connectivity index (χ3n) is 1.82. The van der Waals surface area contributed by atoms with Crippen LogP contribution < -0.4 is 5.73 Å². The summed E-state index contributed by atoms with van der Waals surface area (Å²) in [7, 11) is 0. The van der Waals surface area contributed by atoms with Gasteiger partial charge in [-0.05, 0) is 11.5 Å². The second-order valence-corrected chi connectivity index (χ2v) is 2.57. The Morgan fingerprint density at radius 2 is 1.54 bits per heavy atom. The summed E-state index contributed by atoms with van der Waals surface area (Å²) in [5, 5.41) is 2.34. The van der Waals surface area contributed by atoms with Crippen molar-refractivity contribution < 1.29 is 4.79 Å². The van der Waals surface area contributed by atoms with Crippen molar-refractivity contribution in [3.63, 3.8) is 0 Å². The molecule has 2 heteroatoms. The van der Waals surface area contributed by atoms with E-state index in [1.807, 2.05) is 37.1 Å². The molecule has 13 heavy (non-hydrogen) atoms. The number of benzene rings is 2. The second kappa shape index (κ2) is 4.26. The standard InChI is InChI=1S/C10H9N.CH2O/c11-10-7-3-5-8-4-1-2-6-9(8)10;1-2/h1-7H,11H2;1H2. The van der Waals surface area contributed by atoms with Crippen molar-refractivity contribution >= 4 is 23.2 Å². The second-order valence-electron chi connectivity index (χ2n) is 2.57. The number of hydrogen-bond acceptors (Lipinski definition) is 2. The maximum absolute atomic E-state index is 8.00. The van der Waals surface area contributed by atoms with Crippen LogP contribution in [0, 0.1) is 0 Å². The van der Waals surface area contributed by atoms with Crippen molar-refractivity contribution in [2.24, 2.45) is 0 Å². The third kappa shape index (κ3) is 1.85. The van der Waals surface area contributed by atoms with E-state index in [0.717, 1.165) is 11.1 Å². The van der Waals surface area contributed by atoms with Crippen molar-refractivity contribution in [3.05, 3.63) is 42.5 Å². The first kappa shape index (κ1) is 9.26. The molecule has 0 amide bonds. The first-order valence-electron chi connectivity index (χ1n) is 3.90. The number of hydrogen-bond donors (Lipinski definition) is 1. The Morgan fingerprint density at radius 1 is 0.923 bits per heavy atom. The Hall–Kier alpha value is -1.83. The first-order valence-corrected chi connectivity index (χ1v) is 3.90. The van der Waals surface area contributed by atoms with Crippen LogP contribution in [-0.2, 0) is 4.79 Å². The zero-order valence-corrected chi connectivity index (χ0v) is 7.23. The van der Waals surface area contributed by atoms with Gasteiger partial charge in [-0.2, -0.15) is 0 Å². The minimum absolute atomic E-state index is 0.850. The van der Waals surface area contributed by atoms with E-state index in [-0.39, 0.29) is 0 Å². The lowest BCUT2D eigenvalue weighted by atomic mass is 10.1. The molecular weight excluding hydrogens is 162 g/mol. The monoisotopic (exact) mass is 173 g/mol. The van der Waals surface area contributed by atoms with E-state index in [0.29, 0.717) is 0 Å². The minimum Gasteiger partial charge on any atom is -0.398 e. The molecule has 2 nitrogen and oxygen atoms in total. The topological polar surface area (TPSA) is 43.1 Å². The average Bonchev–Trinajstić information content (AvgIpc) is 2.22. The Balaban J connectivity index is 0.000000396. The SMILES string of the molecule is C=O.Nc1cccc2ccccc12. The van der Waals surface area contributed by atoms with E-state index >= 15 is 0 Å². The molecule has 0 bridgehead atoms. The maximum Gasteiger partial charge on any atom is 0.106 e. The van der Waals surface area contributed by atoms with Crippen LogP contribution in [0.2, 0.25) is 0 Å². The van der Waals surface area contributed by atoms with Gasteiger partial charge in [-0.25, -0.2) is 0 Å². The molecule has 0 aliphatic rings. The van der Waals surface area contributed by atoms with E-state index in [2.05, 4.69) is 12.1 Å². The number of carbonyl (C=O) groups excluding carboxylic acids is 1. The van der Waals surface area contributed by atoms with E-state index in [1.54, 1.807) is 0 Å². The molecule has 0 heterocycles. The van der Waals surface area contributed by atoms with Crippen LogP contribution in [0.15, 0.2) is 42.5 Å². The summed E-state index contributed by atoms with van der Waals surface area (Å²) in [6.07, 6.45) is 0. The van der Waals surface area contributed by atoms with E-state index in [4.69, 9.17) is 10.5 Å². The molecule has 0 saturated heterocycles. The molecule has 0 spiro atoms. The predicted octanol–water partition coefficient (Wildman–Crippen LogP) is 2.24. The molecular formula is C11H11NO. The van der Waals surface area contributed by atoms with Crippen molar-refractivity contribution in [2.45, 2.75) is 0 Å². The van der Waals surface area contributed by atoms with Gasteiger partial charge in [0.25, 0.3) is 0 Å². The predicted molar refractivity (Wildman–Crippen MR) is 55.5 cm³/mol. The quantitative estimate of drug-likeness (QED) is 0.621. The third-order valence-corrected chi connectivity index (χ3v) is 1.82. The lowest BCUT2D eigenvalue weighted by Crippen LogP contribution is -1.84. The van der Waals surface area contributed by atoms with Crippen LogP contribution in [-0.4, -0.2) is 6.79 Å². The fourth-order valence-corrected chi connectivity index (χ4v) is 1.25. The number of nitrogens with two attached hydrogens (primary N) is 1. The molecule has 0 unspecified atom stereocenters. The molecule has 0 aliphatic carbocycles. The van der Waals surface area contributed by atoms with Gasteiger partial charge in [0.1, 0.15) is 6.79 Å². The van der Waals surface area contributed by atoms with Crippen LogP contribution in [0.4, 0.5) is 5.69 Å². The molecule has 0 saturated carbocycles. The van der Waals surface area contributed by atoms with Gasteiger partial charge < -0.3 is 10.5 Å². The summed E-state index contributed by atoms with van der Waals surface area (Å²) in [4.78, 5) is 8.00. The minimum atomic E-state index is 0.850. The smallest absolute Gasteiger partial charge is 0.106 e. The Bertz CT molecular complexity index is 393. The van der Waals surface area contributed by atoms with Crippen molar-refractivity contribution in [2.75, 3.05) is 5.73 Å². The highest BCUT2D eigenvalue weighted by Crippen LogP contribution is 2.19. The number of rotatable bonds is 0. The highest BCUT2D eigenvalue weighted by atomic mass is 16.1. The van der Waals surface area contributed by atoms with Crippen LogP contribution in [0.25, 0.3) is 10.8 Å². The van der Waals surface area contributed by atoms with Gasteiger partial charge in [0.05, 0.1) is 0 Å².